The summed E-state index contributed by atoms with van der Waals surface area (Å²) in [6.07, 6.45) is 2.50. The quantitative estimate of drug-likeness (QED) is 0.184. The topological polar surface area (TPSA) is 160 Å². The van der Waals surface area contributed by atoms with E-state index < -0.39 is 12.0 Å². The van der Waals surface area contributed by atoms with Gasteiger partial charge in [0.25, 0.3) is 5.91 Å². The van der Waals surface area contributed by atoms with Crippen molar-refractivity contribution in [2.75, 3.05) is 32.5 Å². The number of aliphatic hydroxyl groups excluding tert-OH is 2. The smallest absolute Gasteiger partial charge is 0.256 e. The first-order chi connectivity index (χ1) is 17.9. The zero-order valence-electron chi connectivity index (χ0n) is 20.2. The van der Waals surface area contributed by atoms with Crippen LogP contribution in [0.1, 0.15) is 34.0 Å². The lowest BCUT2D eigenvalue weighted by Crippen LogP contribution is -2.26. The number of hydrogen-bond acceptors (Lipinski definition) is 9. The Bertz CT molecular complexity index is 1380. The van der Waals surface area contributed by atoms with Crippen LogP contribution >= 0.6 is 11.6 Å². The lowest BCUT2D eigenvalue weighted by atomic mass is 10.1. The van der Waals surface area contributed by atoms with Crippen LogP contribution in [0.4, 0.5) is 5.82 Å². The number of ether oxygens (including phenoxy) is 1. The van der Waals surface area contributed by atoms with E-state index in [9.17, 15) is 9.90 Å². The van der Waals surface area contributed by atoms with Gasteiger partial charge in [-0.05, 0) is 41.8 Å². The molecule has 0 fully saturated rings. The number of hydrogen-bond donors (Lipinski definition) is 5. The van der Waals surface area contributed by atoms with Gasteiger partial charge in [-0.3, -0.25) is 4.79 Å². The Morgan fingerprint density at radius 2 is 2.00 bits per heavy atom. The lowest BCUT2D eigenvalue weighted by Gasteiger charge is -2.13. The van der Waals surface area contributed by atoms with Gasteiger partial charge >= 0.3 is 0 Å². The maximum Gasteiger partial charge on any atom is 0.256 e. The normalized spacial score (nSPS) is 12.0. The van der Waals surface area contributed by atoms with Crippen molar-refractivity contribution in [3.05, 3.63) is 70.6 Å². The van der Waals surface area contributed by atoms with Crippen LogP contribution in [0.25, 0.3) is 16.8 Å². The molecule has 3 heterocycles. The molecule has 194 valence electrons. The fraction of sp³-hybridized carbons (Fsp3) is 0.280. The maximum atomic E-state index is 13.1. The first kappa shape index (κ1) is 26.3. The number of rotatable bonds is 11. The molecule has 0 bridgehead atoms. The maximum absolute atomic E-state index is 13.1. The summed E-state index contributed by atoms with van der Waals surface area (Å²) in [5, 5.41) is 30.4. The molecule has 0 aliphatic heterocycles. The number of fused-ring (bicyclic) bond motifs is 1. The molecule has 0 saturated heterocycles. The number of carbonyl (C=O) groups is 1. The molecule has 0 aliphatic rings. The molecule has 12 heteroatoms. The first-order valence-corrected chi connectivity index (χ1v) is 12.0. The number of aliphatic hydroxyl groups is 2. The average Bonchev–Trinajstić information content (AvgIpc) is 3.28. The Labute approximate surface area is 218 Å². The summed E-state index contributed by atoms with van der Waals surface area (Å²) in [5.41, 5.74) is 9.81. The molecule has 0 spiro atoms. The van der Waals surface area contributed by atoms with E-state index in [1.807, 2.05) is 6.07 Å². The minimum Gasteiger partial charge on any atom is -0.480 e. The van der Waals surface area contributed by atoms with Gasteiger partial charge < -0.3 is 31.3 Å². The van der Waals surface area contributed by atoms with Crippen molar-refractivity contribution in [2.24, 2.45) is 0 Å². The summed E-state index contributed by atoms with van der Waals surface area (Å²) in [5.74, 6) is 0.0782. The van der Waals surface area contributed by atoms with E-state index in [1.165, 1.54) is 13.4 Å². The number of nitrogen functional groups attached to an aromatic ring is 1. The molecule has 4 rings (SSSR count). The van der Waals surface area contributed by atoms with E-state index in [0.29, 0.717) is 52.7 Å². The van der Waals surface area contributed by atoms with E-state index in [2.05, 4.69) is 25.7 Å². The van der Waals surface area contributed by atoms with E-state index in [-0.39, 0.29) is 24.6 Å². The highest BCUT2D eigenvalue weighted by atomic mass is 35.5. The molecule has 0 unspecified atom stereocenters. The fourth-order valence-electron chi connectivity index (χ4n) is 3.97. The van der Waals surface area contributed by atoms with Crippen molar-refractivity contribution in [3.8, 4) is 17.1 Å². The highest BCUT2D eigenvalue weighted by molar-refractivity contribution is 6.30. The van der Waals surface area contributed by atoms with Gasteiger partial charge in [-0.2, -0.15) is 5.10 Å². The standard InChI is InChI=1S/C25H28ClN7O4/c1-37-25-19(24(36)29-7-6-21(35)15-2-4-18(26)5-3-15)10-16(13-30-25)20-11-17(12-28-8-9-34)22-23(27)31-14-32-33(20)22/h2-5,10-11,13-14,21,28,34-35H,6-9,12H2,1H3,(H,29,36)(H2,27,31,32)/t21-/m0/s1. The number of aromatic nitrogens is 4. The SMILES string of the molecule is COc1ncc(-c2cc(CNCCO)c3c(N)ncnn23)cc1C(=O)NCC[C@H](O)c1ccc(Cl)cc1. The van der Waals surface area contributed by atoms with Crippen molar-refractivity contribution in [1.82, 2.24) is 30.2 Å². The number of benzene rings is 1. The summed E-state index contributed by atoms with van der Waals surface area (Å²) in [6.45, 7) is 1.09. The molecule has 6 N–H and O–H groups in total. The van der Waals surface area contributed by atoms with Crippen molar-refractivity contribution < 1.29 is 19.7 Å². The predicted octanol–water partition coefficient (Wildman–Crippen LogP) is 1.97. The van der Waals surface area contributed by atoms with E-state index in [4.69, 9.17) is 27.2 Å². The van der Waals surface area contributed by atoms with Crippen molar-refractivity contribution in [3.63, 3.8) is 0 Å². The third kappa shape index (κ3) is 5.97. The summed E-state index contributed by atoms with van der Waals surface area (Å²) in [7, 11) is 1.44. The van der Waals surface area contributed by atoms with Gasteiger partial charge in [0.2, 0.25) is 5.88 Å². The predicted molar refractivity (Wildman–Crippen MR) is 139 cm³/mol. The molecule has 0 radical (unpaired) electrons. The molecule has 0 aliphatic carbocycles. The van der Waals surface area contributed by atoms with Gasteiger partial charge in [0.15, 0.2) is 5.82 Å². The highest BCUT2D eigenvalue weighted by Crippen LogP contribution is 2.30. The minimum absolute atomic E-state index is 0.00220. The molecule has 0 saturated carbocycles. The van der Waals surface area contributed by atoms with Crippen LogP contribution in [0.5, 0.6) is 5.88 Å². The van der Waals surface area contributed by atoms with Crippen LogP contribution in [-0.4, -0.2) is 62.5 Å². The molecule has 1 aromatic carbocycles. The Morgan fingerprint density at radius 3 is 2.73 bits per heavy atom. The number of nitrogens with zero attached hydrogens (tertiary/aromatic N) is 4. The summed E-state index contributed by atoms with van der Waals surface area (Å²) in [4.78, 5) is 21.5. The number of pyridine rings is 1. The Balaban J connectivity index is 1.56. The number of nitrogens with one attached hydrogen (secondary N) is 2. The number of methoxy groups -OCH3 is 1. The second-order valence-corrected chi connectivity index (χ2v) is 8.69. The Hall–Kier alpha value is -3.77. The van der Waals surface area contributed by atoms with Crippen LogP contribution in [0.2, 0.25) is 5.02 Å². The van der Waals surface area contributed by atoms with E-state index in [0.717, 1.165) is 5.56 Å². The molecule has 3 aromatic heterocycles. The number of halogens is 1. The van der Waals surface area contributed by atoms with Crippen molar-refractivity contribution >= 4 is 28.8 Å². The fourth-order valence-corrected chi connectivity index (χ4v) is 4.10. The third-order valence-corrected chi connectivity index (χ3v) is 6.06. The van der Waals surface area contributed by atoms with Gasteiger partial charge in [0.1, 0.15) is 17.4 Å². The minimum atomic E-state index is -0.751. The van der Waals surface area contributed by atoms with Crippen LogP contribution in [0, 0.1) is 0 Å². The van der Waals surface area contributed by atoms with Gasteiger partial charge in [-0.1, -0.05) is 23.7 Å². The Morgan fingerprint density at radius 1 is 1.22 bits per heavy atom. The average molecular weight is 526 g/mol. The van der Waals surface area contributed by atoms with Crippen LogP contribution in [0.3, 0.4) is 0 Å². The van der Waals surface area contributed by atoms with E-state index in [1.54, 1.807) is 41.0 Å². The summed E-state index contributed by atoms with van der Waals surface area (Å²) >= 11 is 5.90. The van der Waals surface area contributed by atoms with Crippen LogP contribution < -0.4 is 21.1 Å². The molecule has 4 aromatic rings. The van der Waals surface area contributed by atoms with Gasteiger partial charge in [-0.25, -0.2) is 14.5 Å². The van der Waals surface area contributed by atoms with Gasteiger partial charge in [0.05, 0.1) is 25.5 Å². The first-order valence-electron chi connectivity index (χ1n) is 11.6. The molecule has 1 atom stereocenters. The molecular weight excluding hydrogens is 498 g/mol. The van der Waals surface area contributed by atoms with E-state index >= 15 is 0 Å². The number of amides is 1. The second kappa shape index (κ2) is 12.0. The lowest BCUT2D eigenvalue weighted by molar-refractivity contribution is 0.0939. The summed E-state index contributed by atoms with van der Waals surface area (Å²) < 4.78 is 6.97. The number of carbonyl (C=O) groups excluding carboxylic acids is 1. The third-order valence-electron chi connectivity index (χ3n) is 5.81. The van der Waals surface area contributed by atoms with Gasteiger partial charge in [-0.15, -0.1) is 0 Å². The molecule has 1 amide bonds. The number of anilines is 1. The van der Waals surface area contributed by atoms with Crippen LogP contribution in [0.15, 0.2) is 48.9 Å². The molecule has 11 nitrogen and oxygen atoms in total. The zero-order valence-corrected chi connectivity index (χ0v) is 20.9. The molecular formula is C25H28ClN7O4. The highest BCUT2D eigenvalue weighted by Gasteiger charge is 2.20. The monoisotopic (exact) mass is 525 g/mol. The Kier molecular flexibility index (Phi) is 8.51. The summed E-state index contributed by atoms with van der Waals surface area (Å²) in [6, 6.07) is 10.5. The molecule has 37 heavy (non-hydrogen) atoms. The second-order valence-electron chi connectivity index (χ2n) is 8.25. The number of nitrogens with two attached hydrogens (primary N) is 1. The van der Waals surface area contributed by atoms with Crippen LogP contribution in [-0.2, 0) is 6.54 Å². The van der Waals surface area contributed by atoms with Crippen molar-refractivity contribution in [2.45, 2.75) is 19.1 Å². The van der Waals surface area contributed by atoms with Crippen molar-refractivity contribution in [1.29, 1.82) is 0 Å². The van der Waals surface area contributed by atoms with Gasteiger partial charge in [0, 0.05) is 36.4 Å². The zero-order chi connectivity index (χ0) is 26.4. The largest absolute Gasteiger partial charge is 0.480 e.